The van der Waals surface area contributed by atoms with Crippen LogP contribution >= 0.6 is 0 Å². The minimum atomic E-state index is 0.192. The first-order valence-corrected chi connectivity index (χ1v) is 6.89. The van der Waals surface area contributed by atoms with Gasteiger partial charge in [0.15, 0.2) is 0 Å². The van der Waals surface area contributed by atoms with E-state index in [9.17, 15) is 5.11 Å². The zero-order valence-corrected chi connectivity index (χ0v) is 11.2. The van der Waals surface area contributed by atoms with Crippen LogP contribution in [0.4, 0.5) is 0 Å². The van der Waals surface area contributed by atoms with E-state index in [0.29, 0.717) is 0 Å². The molecule has 0 bridgehead atoms. The first-order chi connectivity index (χ1) is 9.24. The molecule has 0 atom stereocenters. The summed E-state index contributed by atoms with van der Waals surface area (Å²) < 4.78 is 2.10. The van der Waals surface area contributed by atoms with Crippen molar-refractivity contribution < 1.29 is 5.11 Å². The standard InChI is InChI=1S/C15H19N3O/c1-18-10-17-15(13-7-6-12(19)9-16-13)14(18)8-11-4-2-3-5-11/h6-7,9-11,19H,2-5,8H2,1H3. The van der Waals surface area contributed by atoms with Crippen molar-refractivity contribution in [2.45, 2.75) is 32.1 Å². The topological polar surface area (TPSA) is 50.9 Å². The number of pyridine rings is 1. The summed E-state index contributed by atoms with van der Waals surface area (Å²) in [6.45, 7) is 0. The SMILES string of the molecule is Cn1cnc(-c2ccc(O)cn2)c1CC1CCCC1. The van der Waals surface area contributed by atoms with Gasteiger partial charge in [-0.05, 0) is 24.5 Å². The van der Waals surface area contributed by atoms with Crippen molar-refractivity contribution in [1.82, 2.24) is 14.5 Å². The average molecular weight is 257 g/mol. The van der Waals surface area contributed by atoms with Crippen LogP contribution in [0.25, 0.3) is 11.4 Å². The van der Waals surface area contributed by atoms with Gasteiger partial charge in [-0.1, -0.05) is 25.7 Å². The lowest BCUT2D eigenvalue weighted by Crippen LogP contribution is -2.05. The molecule has 1 aliphatic rings. The summed E-state index contributed by atoms with van der Waals surface area (Å²) in [6, 6.07) is 3.49. The molecule has 0 spiro atoms. The van der Waals surface area contributed by atoms with Crippen LogP contribution in [0.2, 0.25) is 0 Å². The first kappa shape index (κ1) is 12.2. The van der Waals surface area contributed by atoms with Crippen LogP contribution in [0, 0.1) is 5.92 Å². The van der Waals surface area contributed by atoms with Crippen LogP contribution < -0.4 is 0 Å². The second kappa shape index (κ2) is 5.03. The maximum absolute atomic E-state index is 9.32. The predicted octanol–water partition coefficient (Wildman–Crippen LogP) is 2.92. The Morgan fingerprint density at radius 1 is 1.26 bits per heavy atom. The molecule has 0 aromatic carbocycles. The molecule has 0 aliphatic heterocycles. The average Bonchev–Trinajstić information content (AvgIpc) is 3.03. The number of aryl methyl sites for hydroxylation is 1. The Kier molecular flexibility index (Phi) is 3.23. The summed E-state index contributed by atoms with van der Waals surface area (Å²) in [4.78, 5) is 8.75. The van der Waals surface area contributed by atoms with Gasteiger partial charge in [-0.15, -0.1) is 0 Å². The third kappa shape index (κ3) is 2.48. The molecule has 2 aromatic heterocycles. The lowest BCUT2D eigenvalue weighted by atomic mass is 10.00. The number of aromatic nitrogens is 3. The van der Waals surface area contributed by atoms with Crippen LogP contribution in [-0.2, 0) is 13.5 Å². The fourth-order valence-corrected chi connectivity index (χ4v) is 2.92. The van der Waals surface area contributed by atoms with Crippen molar-refractivity contribution in [2.75, 3.05) is 0 Å². The van der Waals surface area contributed by atoms with E-state index in [1.54, 1.807) is 6.07 Å². The van der Waals surface area contributed by atoms with Gasteiger partial charge in [-0.2, -0.15) is 0 Å². The molecule has 1 fully saturated rings. The van der Waals surface area contributed by atoms with E-state index < -0.39 is 0 Å². The summed E-state index contributed by atoms with van der Waals surface area (Å²) in [5.41, 5.74) is 3.05. The summed E-state index contributed by atoms with van der Waals surface area (Å²) in [5, 5.41) is 9.32. The highest BCUT2D eigenvalue weighted by Gasteiger charge is 2.20. The second-order valence-corrected chi connectivity index (χ2v) is 5.41. The number of hydrogen-bond donors (Lipinski definition) is 1. The summed E-state index contributed by atoms with van der Waals surface area (Å²) in [7, 11) is 2.04. The molecular weight excluding hydrogens is 238 g/mol. The van der Waals surface area contributed by atoms with Gasteiger partial charge in [0.05, 0.1) is 18.2 Å². The molecule has 19 heavy (non-hydrogen) atoms. The quantitative estimate of drug-likeness (QED) is 0.919. The monoisotopic (exact) mass is 257 g/mol. The first-order valence-electron chi connectivity index (χ1n) is 6.89. The number of imidazole rings is 1. The molecule has 4 nitrogen and oxygen atoms in total. The van der Waals surface area contributed by atoms with Crippen LogP contribution in [0.3, 0.4) is 0 Å². The maximum Gasteiger partial charge on any atom is 0.133 e. The molecule has 0 radical (unpaired) electrons. The van der Waals surface area contributed by atoms with Gasteiger partial charge < -0.3 is 9.67 Å². The van der Waals surface area contributed by atoms with Gasteiger partial charge in [0.2, 0.25) is 0 Å². The third-order valence-electron chi connectivity index (χ3n) is 4.01. The minimum absolute atomic E-state index is 0.192. The van der Waals surface area contributed by atoms with Gasteiger partial charge in [-0.25, -0.2) is 4.98 Å². The van der Waals surface area contributed by atoms with Crippen LogP contribution in [-0.4, -0.2) is 19.6 Å². The summed E-state index contributed by atoms with van der Waals surface area (Å²) >= 11 is 0. The third-order valence-corrected chi connectivity index (χ3v) is 4.01. The largest absolute Gasteiger partial charge is 0.506 e. The molecule has 1 saturated carbocycles. The molecule has 1 N–H and O–H groups in total. The van der Waals surface area contributed by atoms with Crippen LogP contribution in [0.15, 0.2) is 24.7 Å². The van der Waals surface area contributed by atoms with Crippen molar-refractivity contribution in [3.63, 3.8) is 0 Å². The fraction of sp³-hybridized carbons (Fsp3) is 0.467. The Labute approximate surface area is 113 Å². The Morgan fingerprint density at radius 2 is 2.05 bits per heavy atom. The lowest BCUT2D eigenvalue weighted by molar-refractivity contribution is 0.473. The molecule has 4 heteroatoms. The molecule has 1 aliphatic carbocycles. The highest BCUT2D eigenvalue weighted by Crippen LogP contribution is 2.31. The van der Waals surface area contributed by atoms with Gasteiger partial charge in [0.25, 0.3) is 0 Å². The van der Waals surface area contributed by atoms with Crippen LogP contribution in [0.5, 0.6) is 5.75 Å². The zero-order chi connectivity index (χ0) is 13.2. The van der Waals surface area contributed by atoms with E-state index >= 15 is 0 Å². The number of aromatic hydroxyl groups is 1. The highest BCUT2D eigenvalue weighted by molar-refractivity contribution is 5.58. The molecule has 0 saturated heterocycles. The summed E-state index contributed by atoms with van der Waals surface area (Å²) in [5.74, 6) is 0.975. The van der Waals surface area contributed by atoms with E-state index in [-0.39, 0.29) is 5.75 Å². The second-order valence-electron chi connectivity index (χ2n) is 5.41. The summed E-state index contributed by atoms with van der Waals surface area (Å²) in [6.07, 6.45) is 9.78. The van der Waals surface area contributed by atoms with Crippen molar-refractivity contribution in [3.05, 3.63) is 30.4 Å². The van der Waals surface area contributed by atoms with Crippen molar-refractivity contribution >= 4 is 0 Å². The van der Waals surface area contributed by atoms with Gasteiger partial charge in [0.1, 0.15) is 11.4 Å². The Morgan fingerprint density at radius 3 is 2.74 bits per heavy atom. The Bertz CT molecular complexity index is 553. The number of rotatable bonds is 3. The minimum Gasteiger partial charge on any atom is -0.506 e. The van der Waals surface area contributed by atoms with E-state index in [1.165, 1.54) is 37.6 Å². The van der Waals surface area contributed by atoms with Crippen molar-refractivity contribution in [1.29, 1.82) is 0 Å². The van der Waals surface area contributed by atoms with Gasteiger partial charge >= 0.3 is 0 Å². The molecule has 2 aromatic rings. The van der Waals surface area contributed by atoms with Crippen LogP contribution in [0.1, 0.15) is 31.4 Å². The van der Waals surface area contributed by atoms with E-state index in [4.69, 9.17) is 0 Å². The predicted molar refractivity (Wildman–Crippen MR) is 73.8 cm³/mol. The lowest BCUT2D eigenvalue weighted by Gasteiger charge is -2.11. The number of hydrogen-bond acceptors (Lipinski definition) is 3. The highest BCUT2D eigenvalue weighted by atomic mass is 16.3. The Hall–Kier alpha value is -1.84. The Balaban J connectivity index is 1.91. The van der Waals surface area contributed by atoms with Gasteiger partial charge in [-0.3, -0.25) is 4.98 Å². The van der Waals surface area contributed by atoms with Crippen molar-refractivity contribution in [2.24, 2.45) is 13.0 Å². The van der Waals surface area contributed by atoms with E-state index in [0.717, 1.165) is 23.7 Å². The van der Waals surface area contributed by atoms with Gasteiger partial charge in [0, 0.05) is 12.7 Å². The molecule has 3 rings (SSSR count). The van der Waals surface area contributed by atoms with E-state index in [2.05, 4.69) is 14.5 Å². The zero-order valence-electron chi connectivity index (χ0n) is 11.2. The van der Waals surface area contributed by atoms with E-state index in [1.807, 2.05) is 19.4 Å². The maximum atomic E-state index is 9.32. The fourth-order valence-electron chi connectivity index (χ4n) is 2.92. The number of nitrogens with zero attached hydrogens (tertiary/aromatic N) is 3. The molecule has 100 valence electrons. The molecule has 0 amide bonds. The molecule has 2 heterocycles. The molecular formula is C15H19N3O. The normalized spacial score (nSPS) is 16.1. The van der Waals surface area contributed by atoms with Crippen molar-refractivity contribution in [3.8, 4) is 17.1 Å². The smallest absolute Gasteiger partial charge is 0.133 e. The molecule has 0 unspecified atom stereocenters.